The minimum absolute atomic E-state index is 0.0632. The Morgan fingerprint density at radius 3 is 2.44 bits per heavy atom. The summed E-state index contributed by atoms with van der Waals surface area (Å²) in [5.74, 6) is -0.440. The number of rotatable bonds is 5. The van der Waals surface area contributed by atoms with E-state index in [4.69, 9.17) is 11.6 Å². The van der Waals surface area contributed by atoms with Crippen molar-refractivity contribution in [1.82, 2.24) is 4.98 Å². The van der Waals surface area contributed by atoms with Gasteiger partial charge in [-0.05, 0) is 54.1 Å². The molecule has 7 heteroatoms. The quantitative estimate of drug-likeness (QED) is 0.668. The molecule has 2 aromatic carbocycles. The van der Waals surface area contributed by atoms with Crippen molar-refractivity contribution in [2.24, 2.45) is 0 Å². The second-order valence-corrected chi connectivity index (χ2v) is 7.61. The van der Waals surface area contributed by atoms with Crippen LogP contribution in [0.4, 0.5) is 10.1 Å². The third-order valence-electron chi connectivity index (χ3n) is 3.55. The third-order valence-corrected chi connectivity index (χ3v) is 5.55. The molecular weight excluding hydrogens is 363 g/mol. The highest BCUT2D eigenvalue weighted by atomic mass is 35.5. The summed E-state index contributed by atoms with van der Waals surface area (Å²) in [6, 6.07) is 14.8. The van der Waals surface area contributed by atoms with Crippen LogP contribution in [0.3, 0.4) is 0 Å². The number of pyridine rings is 1. The van der Waals surface area contributed by atoms with Crippen molar-refractivity contribution in [3.05, 3.63) is 89.5 Å². The summed E-state index contributed by atoms with van der Waals surface area (Å²) in [6.45, 7) is 0.0638. The SMILES string of the molecule is O=S(=O)(c1cccc(Cl)c1)N(Cc1cccnc1)c1ccc(F)cc1. The maximum atomic E-state index is 13.3. The Morgan fingerprint density at radius 2 is 1.80 bits per heavy atom. The Hall–Kier alpha value is -2.44. The van der Waals surface area contributed by atoms with E-state index in [2.05, 4.69) is 4.98 Å². The number of benzene rings is 2. The molecule has 0 unspecified atom stereocenters. The highest BCUT2D eigenvalue weighted by Gasteiger charge is 2.25. The van der Waals surface area contributed by atoms with Gasteiger partial charge in [0.15, 0.2) is 0 Å². The van der Waals surface area contributed by atoms with Crippen molar-refractivity contribution < 1.29 is 12.8 Å². The second-order valence-electron chi connectivity index (χ2n) is 5.31. The van der Waals surface area contributed by atoms with Gasteiger partial charge in [-0.15, -0.1) is 0 Å². The zero-order valence-electron chi connectivity index (χ0n) is 13.0. The molecule has 0 saturated carbocycles. The molecule has 0 saturated heterocycles. The van der Waals surface area contributed by atoms with Crippen LogP contribution in [0.15, 0.2) is 78.0 Å². The summed E-state index contributed by atoms with van der Waals surface area (Å²) < 4.78 is 40.7. The van der Waals surface area contributed by atoms with E-state index in [1.54, 1.807) is 36.7 Å². The number of anilines is 1. The number of sulfonamides is 1. The molecule has 0 spiro atoms. The minimum Gasteiger partial charge on any atom is -0.264 e. The van der Waals surface area contributed by atoms with Gasteiger partial charge in [0.2, 0.25) is 0 Å². The van der Waals surface area contributed by atoms with Crippen LogP contribution >= 0.6 is 11.6 Å². The van der Waals surface area contributed by atoms with Gasteiger partial charge in [-0.25, -0.2) is 12.8 Å². The molecule has 0 aliphatic carbocycles. The lowest BCUT2D eigenvalue weighted by atomic mass is 10.2. The number of aromatic nitrogens is 1. The van der Waals surface area contributed by atoms with Crippen LogP contribution in [0.2, 0.25) is 5.02 Å². The first kappa shape index (κ1) is 17.4. The van der Waals surface area contributed by atoms with Crippen LogP contribution in [-0.2, 0) is 16.6 Å². The van der Waals surface area contributed by atoms with Crippen LogP contribution in [0.25, 0.3) is 0 Å². The molecule has 0 N–H and O–H groups in total. The highest BCUT2D eigenvalue weighted by molar-refractivity contribution is 7.92. The van der Waals surface area contributed by atoms with Gasteiger partial charge >= 0.3 is 0 Å². The summed E-state index contributed by atoms with van der Waals surface area (Å²) in [4.78, 5) is 4.07. The Labute approximate surface area is 150 Å². The van der Waals surface area contributed by atoms with E-state index < -0.39 is 15.8 Å². The average molecular weight is 377 g/mol. The number of halogens is 2. The third kappa shape index (κ3) is 3.97. The van der Waals surface area contributed by atoms with Crippen molar-refractivity contribution in [3.63, 3.8) is 0 Å². The lowest BCUT2D eigenvalue weighted by molar-refractivity contribution is 0.590. The summed E-state index contributed by atoms with van der Waals surface area (Å²) in [7, 11) is -3.89. The molecule has 0 amide bonds. The van der Waals surface area contributed by atoms with E-state index in [0.29, 0.717) is 16.3 Å². The van der Waals surface area contributed by atoms with Gasteiger partial charge in [0.05, 0.1) is 17.1 Å². The summed E-state index contributed by atoms with van der Waals surface area (Å²) in [5, 5.41) is 0.321. The molecule has 0 fully saturated rings. The van der Waals surface area contributed by atoms with Crippen molar-refractivity contribution in [1.29, 1.82) is 0 Å². The molecule has 3 rings (SSSR count). The van der Waals surface area contributed by atoms with Crippen LogP contribution < -0.4 is 4.31 Å². The fourth-order valence-corrected chi connectivity index (χ4v) is 4.09. The van der Waals surface area contributed by atoms with Gasteiger partial charge in [0.1, 0.15) is 5.82 Å². The van der Waals surface area contributed by atoms with E-state index >= 15 is 0 Å². The van der Waals surface area contributed by atoms with Crippen LogP contribution in [0.5, 0.6) is 0 Å². The monoisotopic (exact) mass is 376 g/mol. The van der Waals surface area contributed by atoms with E-state index in [0.717, 1.165) is 0 Å². The fraction of sp³-hybridized carbons (Fsp3) is 0.0556. The van der Waals surface area contributed by atoms with Crippen molar-refractivity contribution in [2.75, 3.05) is 4.31 Å². The molecule has 3 aromatic rings. The smallest absolute Gasteiger partial charge is 0.264 e. The summed E-state index contributed by atoms with van der Waals surface area (Å²) in [5.41, 5.74) is 1.06. The number of hydrogen-bond acceptors (Lipinski definition) is 3. The minimum atomic E-state index is -3.89. The molecule has 0 aliphatic rings. The van der Waals surface area contributed by atoms with Crippen molar-refractivity contribution in [3.8, 4) is 0 Å². The predicted octanol–water partition coefficient (Wildman–Crippen LogP) is 4.27. The largest absolute Gasteiger partial charge is 0.264 e. The van der Waals surface area contributed by atoms with Gasteiger partial charge in [-0.1, -0.05) is 23.7 Å². The van der Waals surface area contributed by atoms with Gasteiger partial charge in [0, 0.05) is 17.4 Å². The van der Waals surface area contributed by atoms with Crippen LogP contribution in [0, 0.1) is 5.82 Å². The standard InChI is InChI=1S/C18H14ClFN2O2S/c19-15-4-1-5-18(11-15)25(23,24)22(13-14-3-2-10-21-12-14)17-8-6-16(20)7-9-17/h1-12H,13H2. The summed E-state index contributed by atoms with van der Waals surface area (Å²) in [6.07, 6.45) is 3.20. The maximum Gasteiger partial charge on any atom is 0.264 e. The zero-order chi connectivity index (χ0) is 17.9. The van der Waals surface area contributed by atoms with Gasteiger partial charge in [0.25, 0.3) is 10.0 Å². The van der Waals surface area contributed by atoms with Crippen molar-refractivity contribution in [2.45, 2.75) is 11.4 Å². The molecule has 0 bridgehead atoms. The molecule has 1 aromatic heterocycles. The lowest BCUT2D eigenvalue weighted by Crippen LogP contribution is -2.30. The molecule has 1 heterocycles. The van der Waals surface area contributed by atoms with Crippen LogP contribution in [-0.4, -0.2) is 13.4 Å². The first-order valence-corrected chi connectivity index (χ1v) is 9.21. The predicted molar refractivity (Wildman–Crippen MR) is 95.5 cm³/mol. The fourth-order valence-electron chi connectivity index (χ4n) is 2.33. The molecule has 0 aliphatic heterocycles. The molecule has 25 heavy (non-hydrogen) atoms. The van der Waals surface area contributed by atoms with E-state index in [1.165, 1.54) is 40.7 Å². The Kier molecular flexibility index (Phi) is 5.01. The topological polar surface area (TPSA) is 50.3 Å². The second kappa shape index (κ2) is 7.21. The van der Waals surface area contributed by atoms with Gasteiger partial charge in [-0.2, -0.15) is 0 Å². The maximum absolute atomic E-state index is 13.3. The molecular formula is C18H14ClFN2O2S. The Balaban J connectivity index is 2.08. The number of hydrogen-bond donors (Lipinski definition) is 0. The lowest BCUT2D eigenvalue weighted by Gasteiger charge is -2.24. The molecule has 4 nitrogen and oxygen atoms in total. The first-order chi connectivity index (χ1) is 12.0. The summed E-state index contributed by atoms with van der Waals surface area (Å²) >= 11 is 5.94. The zero-order valence-corrected chi connectivity index (χ0v) is 14.6. The van der Waals surface area contributed by atoms with Gasteiger partial charge < -0.3 is 0 Å². The van der Waals surface area contributed by atoms with E-state index in [1.807, 2.05) is 0 Å². The van der Waals surface area contributed by atoms with E-state index in [9.17, 15) is 12.8 Å². The molecule has 0 atom stereocenters. The van der Waals surface area contributed by atoms with E-state index in [-0.39, 0.29) is 11.4 Å². The normalized spacial score (nSPS) is 11.3. The molecule has 0 radical (unpaired) electrons. The highest BCUT2D eigenvalue weighted by Crippen LogP contribution is 2.27. The first-order valence-electron chi connectivity index (χ1n) is 7.39. The average Bonchev–Trinajstić information content (AvgIpc) is 2.61. The van der Waals surface area contributed by atoms with Gasteiger partial charge in [-0.3, -0.25) is 9.29 Å². The Morgan fingerprint density at radius 1 is 1.04 bits per heavy atom. The number of nitrogens with zero attached hydrogens (tertiary/aromatic N) is 2. The Bertz CT molecular complexity index is 964. The van der Waals surface area contributed by atoms with Crippen molar-refractivity contribution >= 4 is 27.3 Å². The van der Waals surface area contributed by atoms with Crippen LogP contribution in [0.1, 0.15) is 5.56 Å². The molecule has 128 valence electrons.